The van der Waals surface area contributed by atoms with Crippen molar-refractivity contribution in [3.8, 4) is 0 Å². The molecule has 2 aromatic carbocycles. The van der Waals surface area contributed by atoms with Crippen LogP contribution in [0.2, 0.25) is 0 Å². The Bertz CT molecular complexity index is 673. The van der Waals surface area contributed by atoms with Crippen LogP contribution < -0.4 is 0 Å². The van der Waals surface area contributed by atoms with Gasteiger partial charge >= 0.3 is 0 Å². The highest BCUT2D eigenvalue weighted by Crippen LogP contribution is 2.22. The van der Waals surface area contributed by atoms with Crippen LogP contribution in [0.5, 0.6) is 0 Å². The predicted octanol–water partition coefficient (Wildman–Crippen LogP) is 2.17. The molecule has 0 unspecified atom stereocenters. The highest BCUT2D eigenvalue weighted by atomic mass is 16.1. The Balaban J connectivity index is 1.58. The minimum atomic E-state index is 0.302. The fourth-order valence-electron chi connectivity index (χ4n) is 3.73. The standard InChI is InChI=1S/C18H21N2O/c21-18(14-20-10-7-19(8-11-20)9-12-20)17-6-5-15-3-1-2-4-16(15)13-17/h1-6,13H,7-12,14H2/q+1. The first-order chi connectivity index (χ1) is 10.2. The zero-order chi connectivity index (χ0) is 14.3. The number of piperazine rings is 3. The fourth-order valence-corrected chi connectivity index (χ4v) is 3.73. The molecule has 3 heteroatoms. The van der Waals surface area contributed by atoms with Gasteiger partial charge in [-0.3, -0.25) is 9.69 Å². The van der Waals surface area contributed by atoms with Crippen molar-refractivity contribution in [2.45, 2.75) is 0 Å². The quantitative estimate of drug-likeness (QED) is 0.635. The summed E-state index contributed by atoms with van der Waals surface area (Å²) in [5, 5.41) is 2.36. The molecule has 0 radical (unpaired) electrons. The number of hydrogen-bond donors (Lipinski definition) is 0. The molecule has 108 valence electrons. The van der Waals surface area contributed by atoms with Crippen molar-refractivity contribution in [2.24, 2.45) is 0 Å². The summed E-state index contributed by atoms with van der Waals surface area (Å²) in [5.41, 5.74) is 0.870. The number of hydrogen-bond acceptors (Lipinski definition) is 2. The summed E-state index contributed by atoms with van der Waals surface area (Å²) in [5.74, 6) is 0.302. The van der Waals surface area contributed by atoms with E-state index in [1.54, 1.807) is 0 Å². The molecule has 5 rings (SSSR count). The van der Waals surface area contributed by atoms with E-state index in [0.29, 0.717) is 12.3 Å². The van der Waals surface area contributed by atoms with E-state index in [-0.39, 0.29) is 0 Å². The lowest BCUT2D eigenvalue weighted by Gasteiger charge is -2.50. The van der Waals surface area contributed by atoms with Gasteiger partial charge in [0.25, 0.3) is 0 Å². The molecular weight excluding hydrogens is 260 g/mol. The third-order valence-corrected chi connectivity index (χ3v) is 5.22. The largest absolute Gasteiger partial charge is 0.314 e. The van der Waals surface area contributed by atoms with Gasteiger partial charge in [0, 0.05) is 25.2 Å². The average Bonchev–Trinajstić information content (AvgIpc) is 2.55. The first-order valence-corrected chi connectivity index (χ1v) is 7.84. The van der Waals surface area contributed by atoms with Crippen LogP contribution >= 0.6 is 0 Å². The van der Waals surface area contributed by atoms with Gasteiger partial charge < -0.3 is 4.48 Å². The van der Waals surface area contributed by atoms with Gasteiger partial charge in [0.15, 0.2) is 0 Å². The first kappa shape index (κ1) is 13.0. The summed E-state index contributed by atoms with van der Waals surface area (Å²) in [6.45, 7) is 7.56. The van der Waals surface area contributed by atoms with Crippen LogP contribution in [0.15, 0.2) is 42.5 Å². The Morgan fingerprint density at radius 1 is 0.952 bits per heavy atom. The smallest absolute Gasteiger partial charge is 0.216 e. The second-order valence-electron chi connectivity index (χ2n) is 6.50. The van der Waals surface area contributed by atoms with Crippen molar-refractivity contribution in [2.75, 3.05) is 45.8 Å². The molecule has 0 atom stereocenters. The SMILES string of the molecule is O=C(C[N+]12CCN(CC1)CC2)c1ccc2ccccc2c1. The molecule has 3 aliphatic heterocycles. The molecule has 0 N–H and O–H groups in total. The summed E-state index contributed by atoms with van der Waals surface area (Å²) in [4.78, 5) is 15.2. The minimum Gasteiger partial charge on any atom is -0.314 e. The van der Waals surface area contributed by atoms with E-state index in [1.807, 2.05) is 18.2 Å². The van der Waals surface area contributed by atoms with Gasteiger partial charge in [-0.1, -0.05) is 36.4 Å². The Hall–Kier alpha value is -1.71. The molecule has 0 aliphatic carbocycles. The number of rotatable bonds is 3. The lowest BCUT2D eigenvalue weighted by molar-refractivity contribution is -0.933. The number of quaternary nitrogens is 1. The van der Waals surface area contributed by atoms with Crippen molar-refractivity contribution in [1.29, 1.82) is 0 Å². The number of carbonyl (C=O) groups excluding carboxylic acids is 1. The van der Waals surface area contributed by atoms with Gasteiger partial charge in [0.2, 0.25) is 5.78 Å². The molecule has 0 amide bonds. The molecular formula is C18H21N2O+. The van der Waals surface area contributed by atoms with Crippen LogP contribution in [0.1, 0.15) is 10.4 Å². The van der Waals surface area contributed by atoms with E-state index < -0.39 is 0 Å². The molecule has 3 saturated heterocycles. The van der Waals surface area contributed by atoms with Gasteiger partial charge in [0.1, 0.15) is 6.54 Å². The highest BCUT2D eigenvalue weighted by molar-refractivity contribution is 6.00. The van der Waals surface area contributed by atoms with Gasteiger partial charge in [0.05, 0.1) is 19.6 Å². The van der Waals surface area contributed by atoms with Crippen LogP contribution in [0.3, 0.4) is 0 Å². The Kier molecular flexibility index (Phi) is 3.05. The number of Topliss-reactive ketones (excluding diaryl/α,β-unsaturated/α-hetero) is 1. The zero-order valence-corrected chi connectivity index (χ0v) is 12.3. The molecule has 3 heterocycles. The van der Waals surface area contributed by atoms with Crippen LogP contribution in [0, 0.1) is 0 Å². The van der Waals surface area contributed by atoms with Gasteiger partial charge in [-0.15, -0.1) is 0 Å². The molecule has 21 heavy (non-hydrogen) atoms. The first-order valence-electron chi connectivity index (χ1n) is 7.84. The summed E-state index contributed by atoms with van der Waals surface area (Å²) in [7, 11) is 0. The van der Waals surface area contributed by atoms with Gasteiger partial charge in [-0.25, -0.2) is 0 Å². The second kappa shape index (κ2) is 4.93. The van der Waals surface area contributed by atoms with Crippen molar-refractivity contribution < 1.29 is 9.28 Å². The van der Waals surface area contributed by atoms with Gasteiger partial charge in [-0.05, 0) is 16.8 Å². The Morgan fingerprint density at radius 3 is 2.33 bits per heavy atom. The molecule has 0 spiro atoms. The van der Waals surface area contributed by atoms with E-state index in [9.17, 15) is 4.79 Å². The average molecular weight is 281 g/mol. The minimum absolute atomic E-state index is 0.302. The number of fused-ring (bicyclic) bond motifs is 4. The second-order valence-corrected chi connectivity index (χ2v) is 6.50. The van der Waals surface area contributed by atoms with Crippen molar-refractivity contribution in [1.82, 2.24) is 4.90 Å². The topological polar surface area (TPSA) is 20.3 Å². The predicted molar refractivity (Wildman–Crippen MR) is 84.4 cm³/mol. The maximum Gasteiger partial charge on any atom is 0.216 e. The molecule has 0 saturated carbocycles. The zero-order valence-electron chi connectivity index (χ0n) is 12.3. The molecule has 2 bridgehead atoms. The summed E-state index contributed by atoms with van der Waals surface area (Å²) in [6, 6.07) is 14.3. The monoisotopic (exact) mass is 281 g/mol. The maximum absolute atomic E-state index is 12.7. The maximum atomic E-state index is 12.7. The lowest BCUT2D eigenvalue weighted by Crippen LogP contribution is -2.68. The third kappa shape index (κ3) is 2.37. The van der Waals surface area contributed by atoms with E-state index in [2.05, 4.69) is 29.2 Å². The van der Waals surface area contributed by atoms with E-state index >= 15 is 0 Å². The molecule has 2 aromatic rings. The van der Waals surface area contributed by atoms with Crippen LogP contribution in [-0.4, -0.2) is 61.0 Å². The normalized spacial score (nSPS) is 27.9. The third-order valence-electron chi connectivity index (χ3n) is 5.22. The highest BCUT2D eigenvalue weighted by Gasteiger charge is 2.39. The van der Waals surface area contributed by atoms with E-state index in [4.69, 9.17) is 0 Å². The summed E-state index contributed by atoms with van der Waals surface area (Å²) >= 11 is 0. The van der Waals surface area contributed by atoms with E-state index in [0.717, 1.165) is 54.7 Å². The number of nitrogens with zero attached hydrogens (tertiary/aromatic N) is 2. The summed E-state index contributed by atoms with van der Waals surface area (Å²) < 4.78 is 1.00. The molecule has 3 fully saturated rings. The molecule has 0 aromatic heterocycles. The lowest BCUT2D eigenvalue weighted by atomic mass is 10.0. The van der Waals surface area contributed by atoms with Crippen molar-refractivity contribution in [3.05, 3.63) is 48.0 Å². The van der Waals surface area contributed by atoms with Crippen LogP contribution in [0.25, 0.3) is 10.8 Å². The Labute approximate surface area is 125 Å². The molecule has 3 nitrogen and oxygen atoms in total. The van der Waals surface area contributed by atoms with Crippen molar-refractivity contribution >= 4 is 16.6 Å². The summed E-state index contributed by atoms with van der Waals surface area (Å²) in [6.07, 6.45) is 0. The number of ketones is 1. The van der Waals surface area contributed by atoms with E-state index in [1.165, 1.54) is 5.39 Å². The number of benzene rings is 2. The fraction of sp³-hybridized carbons (Fsp3) is 0.389. The van der Waals surface area contributed by atoms with Gasteiger partial charge in [-0.2, -0.15) is 0 Å². The Morgan fingerprint density at radius 2 is 1.62 bits per heavy atom. The van der Waals surface area contributed by atoms with Crippen molar-refractivity contribution in [3.63, 3.8) is 0 Å². The van der Waals surface area contributed by atoms with Crippen LogP contribution in [-0.2, 0) is 0 Å². The molecule has 3 aliphatic rings. The number of carbonyl (C=O) groups is 1. The van der Waals surface area contributed by atoms with Crippen LogP contribution in [0.4, 0.5) is 0 Å².